The maximum atomic E-state index is 6.88. The Balaban J connectivity index is 3.00. The number of aromatic nitrogens is 1. The Bertz CT molecular complexity index is 297. The van der Waals surface area contributed by atoms with E-state index in [1.807, 2.05) is 22.6 Å². The van der Waals surface area contributed by atoms with Gasteiger partial charge in [0.1, 0.15) is 0 Å². The van der Waals surface area contributed by atoms with E-state index in [4.69, 9.17) is 15.7 Å². The molecule has 1 aromatic rings. The van der Waals surface area contributed by atoms with Crippen molar-refractivity contribution in [2.75, 3.05) is 7.04 Å². The fourth-order valence-electron chi connectivity index (χ4n) is 0.492. The van der Waals surface area contributed by atoms with Crippen LogP contribution in [0.5, 0.6) is 5.75 Å². The molecule has 0 saturated heterocycles. The van der Waals surface area contributed by atoms with Crippen LogP contribution in [0.25, 0.3) is 0 Å². The number of halogens is 2. The molecule has 0 spiro atoms. The number of nitrogens with zero attached hydrogens (tertiary/aromatic N) is 1. The number of rotatable bonds is 1. The molecule has 0 bridgehead atoms. The fraction of sp³-hybridized carbons (Fsp3) is 0.167. The van der Waals surface area contributed by atoms with Gasteiger partial charge in [0.05, 0.1) is 14.7 Å². The van der Waals surface area contributed by atoms with Gasteiger partial charge in [0.15, 0.2) is 10.9 Å². The summed E-state index contributed by atoms with van der Waals surface area (Å²) in [6.07, 6.45) is 1.48. The van der Waals surface area contributed by atoms with Crippen molar-refractivity contribution in [3.05, 3.63) is 21.0 Å². The third-order valence-corrected chi connectivity index (χ3v) is 2.03. The van der Waals surface area contributed by atoms with E-state index in [1.165, 1.54) is 6.20 Å². The van der Waals surface area contributed by atoms with E-state index in [-0.39, 0.29) is 10.9 Å². The van der Waals surface area contributed by atoms with E-state index in [0.717, 1.165) is 0 Å². The zero-order chi connectivity index (χ0) is 10.1. The molecule has 0 radical (unpaired) electrons. The smallest absolute Gasteiger partial charge is 0.172 e. The first-order chi connectivity index (χ1) is 5.90. The molecular weight excluding hydrogens is 264 g/mol. The lowest BCUT2D eigenvalue weighted by Gasteiger charge is -2.02. The minimum Gasteiger partial charge on any atom is -0.492 e. The van der Waals surface area contributed by atoms with E-state index in [9.17, 15) is 0 Å². The third-order valence-electron chi connectivity index (χ3n) is 0.915. The molecule has 0 aliphatic rings. The quantitative estimate of drug-likeness (QED) is 0.578. The van der Waals surface area contributed by atoms with Crippen LogP contribution in [0.4, 0.5) is 0 Å². The Morgan fingerprint density at radius 3 is 3.30 bits per heavy atom. The van der Waals surface area contributed by atoms with Crippen LogP contribution in [0.1, 0.15) is 4.11 Å². The number of pyridine rings is 1. The number of hydrogen-bond donors (Lipinski definition) is 0. The summed E-state index contributed by atoms with van der Waals surface area (Å²) in [7, 11) is -2.49. The van der Waals surface area contributed by atoms with Crippen LogP contribution in [0, 0.1) is 3.57 Å². The van der Waals surface area contributed by atoms with Crippen molar-refractivity contribution in [3.63, 3.8) is 0 Å². The second kappa shape index (κ2) is 3.39. The van der Waals surface area contributed by atoms with Gasteiger partial charge in [-0.15, -0.1) is 0 Å². The average Bonchev–Trinajstić information content (AvgIpc) is 1.95. The molecular formula is C6H5ClINO. The Morgan fingerprint density at radius 2 is 2.70 bits per heavy atom. The number of hydrogen-bond acceptors (Lipinski definition) is 2. The Kier molecular flexibility index (Phi) is 1.62. The zero-order valence-electron chi connectivity index (χ0n) is 7.77. The third kappa shape index (κ3) is 1.52. The average molecular weight is 272 g/mol. The first-order valence-electron chi connectivity index (χ1n) is 3.89. The van der Waals surface area contributed by atoms with Crippen molar-refractivity contribution in [1.29, 1.82) is 0 Å². The van der Waals surface area contributed by atoms with E-state index < -0.39 is 7.04 Å². The van der Waals surface area contributed by atoms with Gasteiger partial charge in [0, 0.05) is 6.20 Å². The number of ether oxygens (including phenoxy) is 1. The fourth-order valence-corrected chi connectivity index (χ4v) is 1.37. The van der Waals surface area contributed by atoms with Crippen molar-refractivity contribution in [1.82, 2.24) is 4.98 Å². The molecule has 0 aromatic carbocycles. The lowest BCUT2D eigenvalue weighted by atomic mass is 10.5. The van der Waals surface area contributed by atoms with Gasteiger partial charge >= 0.3 is 0 Å². The van der Waals surface area contributed by atoms with Crippen molar-refractivity contribution < 1.29 is 8.85 Å². The van der Waals surface area contributed by atoms with Crippen LogP contribution in [0.15, 0.2) is 12.3 Å². The Hall–Kier alpha value is -0.0300. The van der Waals surface area contributed by atoms with Crippen molar-refractivity contribution in [3.8, 4) is 5.75 Å². The Labute approximate surface area is 81.9 Å². The molecule has 0 aliphatic carbocycles. The predicted molar refractivity (Wildman–Crippen MR) is 48.5 cm³/mol. The highest BCUT2D eigenvalue weighted by atomic mass is 127. The van der Waals surface area contributed by atoms with Crippen molar-refractivity contribution >= 4 is 34.2 Å². The van der Waals surface area contributed by atoms with Crippen molar-refractivity contribution in [2.45, 2.75) is 0 Å². The largest absolute Gasteiger partial charge is 0.492 e. The molecule has 2 nitrogen and oxygen atoms in total. The van der Waals surface area contributed by atoms with Crippen LogP contribution < -0.4 is 4.74 Å². The second-order valence-corrected chi connectivity index (χ2v) is 3.03. The number of methoxy groups -OCH3 is 1. The van der Waals surface area contributed by atoms with Crippen LogP contribution in [-0.4, -0.2) is 12.0 Å². The molecule has 54 valence electrons. The van der Waals surface area contributed by atoms with Gasteiger partial charge in [-0.1, -0.05) is 11.6 Å². The molecule has 0 atom stereocenters. The summed E-state index contributed by atoms with van der Waals surface area (Å²) in [5.41, 5.74) is 0. The highest BCUT2D eigenvalue weighted by Crippen LogP contribution is 2.26. The van der Waals surface area contributed by atoms with Crippen LogP contribution >= 0.6 is 34.2 Å². The summed E-state index contributed by atoms with van der Waals surface area (Å²) in [6, 6.07) is 1.62. The molecule has 0 amide bonds. The van der Waals surface area contributed by atoms with Gasteiger partial charge in [-0.25, -0.2) is 4.98 Å². The van der Waals surface area contributed by atoms with E-state index >= 15 is 0 Å². The van der Waals surface area contributed by atoms with Crippen molar-refractivity contribution in [2.24, 2.45) is 0 Å². The van der Waals surface area contributed by atoms with Gasteiger partial charge < -0.3 is 4.74 Å². The van der Waals surface area contributed by atoms with E-state index in [0.29, 0.717) is 3.57 Å². The summed E-state index contributed by atoms with van der Waals surface area (Å²) < 4.78 is 25.9. The summed E-state index contributed by atoms with van der Waals surface area (Å²) in [6.45, 7) is 0. The highest BCUT2D eigenvalue weighted by molar-refractivity contribution is 14.1. The maximum Gasteiger partial charge on any atom is 0.172 e. The van der Waals surface area contributed by atoms with Gasteiger partial charge in [0.25, 0.3) is 0 Å². The first-order valence-corrected chi connectivity index (χ1v) is 3.85. The molecule has 4 heteroatoms. The lowest BCUT2D eigenvalue weighted by Crippen LogP contribution is -1.89. The van der Waals surface area contributed by atoms with E-state index in [1.54, 1.807) is 6.07 Å². The standard InChI is InChI=1S/C6H5ClINO/c1-10-5-4(8)2-3-9-6(5)7/h2-3H,1H3/i1D3. The molecule has 0 unspecified atom stereocenters. The van der Waals surface area contributed by atoms with Crippen LogP contribution in [0.2, 0.25) is 5.15 Å². The van der Waals surface area contributed by atoms with Gasteiger partial charge in [-0.05, 0) is 28.7 Å². The minimum absolute atomic E-state index is 0.0584. The normalized spacial score (nSPS) is 15.2. The monoisotopic (exact) mass is 272 g/mol. The highest BCUT2D eigenvalue weighted by Gasteiger charge is 2.03. The molecule has 10 heavy (non-hydrogen) atoms. The van der Waals surface area contributed by atoms with Gasteiger partial charge in [0.2, 0.25) is 0 Å². The minimum atomic E-state index is -2.49. The maximum absolute atomic E-state index is 6.88. The topological polar surface area (TPSA) is 22.1 Å². The van der Waals surface area contributed by atoms with Gasteiger partial charge in [-0.3, -0.25) is 0 Å². The first kappa shape index (κ1) is 4.77. The molecule has 1 aromatic heterocycles. The van der Waals surface area contributed by atoms with Crippen LogP contribution in [0.3, 0.4) is 0 Å². The zero-order valence-corrected chi connectivity index (χ0v) is 7.68. The molecule has 1 rings (SSSR count). The summed E-state index contributed by atoms with van der Waals surface area (Å²) >= 11 is 7.57. The molecule has 0 saturated carbocycles. The summed E-state index contributed by atoms with van der Waals surface area (Å²) in [5.74, 6) is 0.102. The molecule has 0 N–H and O–H groups in total. The van der Waals surface area contributed by atoms with Gasteiger partial charge in [-0.2, -0.15) is 0 Å². The molecule has 0 fully saturated rings. The molecule has 1 heterocycles. The SMILES string of the molecule is [2H]C([2H])([2H])Oc1c(I)ccnc1Cl. The predicted octanol–water partition coefficient (Wildman–Crippen LogP) is 2.35. The summed E-state index contributed by atoms with van der Waals surface area (Å²) in [5, 5.41) is 0.0584. The van der Waals surface area contributed by atoms with E-state index in [2.05, 4.69) is 9.72 Å². The van der Waals surface area contributed by atoms with Crippen LogP contribution in [-0.2, 0) is 0 Å². The summed E-state index contributed by atoms with van der Waals surface area (Å²) in [4.78, 5) is 3.71. The lowest BCUT2D eigenvalue weighted by molar-refractivity contribution is 0.410. The second-order valence-electron chi connectivity index (χ2n) is 1.51. The Morgan fingerprint density at radius 1 is 1.90 bits per heavy atom. The molecule has 0 aliphatic heterocycles.